The van der Waals surface area contributed by atoms with Crippen LogP contribution in [-0.2, 0) is 0 Å². The van der Waals surface area contributed by atoms with E-state index in [0.29, 0.717) is 5.13 Å². The van der Waals surface area contributed by atoms with Crippen LogP contribution in [0.1, 0.15) is 21.1 Å². The average molecular weight is 238 g/mol. The van der Waals surface area contributed by atoms with E-state index in [0.717, 1.165) is 10.6 Å². The number of hydrogen-bond acceptors (Lipinski definition) is 6. The first-order chi connectivity index (χ1) is 7.58. The molecule has 0 unspecified atom stereocenters. The van der Waals surface area contributed by atoms with E-state index in [2.05, 4.69) is 25.7 Å². The summed E-state index contributed by atoms with van der Waals surface area (Å²) in [6, 6.07) is 0. The van der Waals surface area contributed by atoms with Gasteiger partial charge in [0.25, 0.3) is 5.91 Å². The van der Waals surface area contributed by atoms with Gasteiger partial charge in [0.05, 0.1) is 5.69 Å². The van der Waals surface area contributed by atoms with Crippen LogP contribution in [0.5, 0.6) is 0 Å². The molecular weight excluding hydrogens is 228 g/mol. The maximum atomic E-state index is 11.7. The summed E-state index contributed by atoms with van der Waals surface area (Å²) in [6.07, 6.45) is 0. The van der Waals surface area contributed by atoms with Crippen molar-refractivity contribution in [2.45, 2.75) is 13.8 Å². The number of H-pyrrole nitrogens is 1. The van der Waals surface area contributed by atoms with Crippen molar-refractivity contribution in [3.8, 4) is 0 Å². The summed E-state index contributed by atoms with van der Waals surface area (Å²) in [5.41, 5.74) is 6.42. The first-order valence-electron chi connectivity index (χ1n) is 4.49. The van der Waals surface area contributed by atoms with Gasteiger partial charge >= 0.3 is 0 Å². The molecule has 0 radical (unpaired) electrons. The third kappa shape index (κ3) is 1.87. The topological polar surface area (TPSA) is 110 Å². The summed E-state index contributed by atoms with van der Waals surface area (Å²) in [7, 11) is 0. The van der Waals surface area contributed by atoms with Gasteiger partial charge in [0.2, 0.25) is 0 Å². The van der Waals surface area contributed by atoms with Gasteiger partial charge in [0, 0.05) is 4.88 Å². The van der Waals surface area contributed by atoms with E-state index in [1.165, 1.54) is 11.3 Å². The number of nitrogen functional groups attached to an aromatic ring is 1. The standard InChI is InChI=1S/C8H10N6OS/c1-3-4(2)16-8(10-3)11-7(15)5-6(9)13-14-12-5/h1-2H3,(H,10,11,15)(H3,9,12,13,14). The number of nitrogens with two attached hydrogens (primary N) is 1. The minimum atomic E-state index is -0.417. The highest BCUT2D eigenvalue weighted by Gasteiger charge is 2.15. The Bertz CT molecular complexity index is 511. The van der Waals surface area contributed by atoms with E-state index in [1.54, 1.807) is 0 Å². The van der Waals surface area contributed by atoms with E-state index in [1.807, 2.05) is 13.8 Å². The van der Waals surface area contributed by atoms with Crippen molar-refractivity contribution in [3.05, 3.63) is 16.3 Å². The molecule has 0 aromatic carbocycles. The number of nitrogens with zero attached hydrogens (tertiary/aromatic N) is 3. The van der Waals surface area contributed by atoms with Crippen LogP contribution < -0.4 is 11.1 Å². The third-order valence-corrected chi connectivity index (χ3v) is 3.03. The molecule has 1 amide bonds. The minimum absolute atomic E-state index is 0.0718. The maximum absolute atomic E-state index is 11.7. The fraction of sp³-hybridized carbons (Fsp3) is 0.250. The number of carbonyl (C=O) groups is 1. The molecule has 8 heteroatoms. The first-order valence-corrected chi connectivity index (χ1v) is 5.31. The number of aromatic nitrogens is 4. The average Bonchev–Trinajstić information content (AvgIpc) is 2.74. The molecule has 0 spiro atoms. The zero-order valence-corrected chi connectivity index (χ0v) is 9.55. The Morgan fingerprint density at radius 3 is 2.69 bits per heavy atom. The number of carbonyl (C=O) groups excluding carboxylic acids is 1. The zero-order valence-electron chi connectivity index (χ0n) is 8.74. The third-order valence-electron chi connectivity index (χ3n) is 2.04. The Labute approximate surface area is 95.1 Å². The number of aromatic amines is 1. The summed E-state index contributed by atoms with van der Waals surface area (Å²) < 4.78 is 0. The number of thiazole rings is 1. The number of anilines is 2. The van der Waals surface area contributed by atoms with E-state index in [-0.39, 0.29) is 11.5 Å². The summed E-state index contributed by atoms with van der Waals surface area (Å²) in [5.74, 6) is -0.345. The van der Waals surface area contributed by atoms with E-state index in [4.69, 9.17) is 5.73 Å². The Balaban J connectivity index is 2.17. The normalized spacial score (nSPS) is 10.4. The van der Waals surface area contributed by atoms with Crippen molar-refractivity contribution in [2.24, 2.45) is 0 Å². The SMILES string of the molecule is Cc1nc(NC(=O)c2n[nH]nc2N)sc1C. The highest BCUT2D eigenvalue weighted by molar-refractivity contribution is 7.15. The summed E-state index contributed by atoms with van der Waals surface area (Å²) in [6.45, 7) is 3.82. The van der Waals surface area contributed by atoms with Crippen molar-refractivity contribution < 1.29 is 4.79 Å². The molecular formula is C8H10N6OS. The van der Waals surface area contributed by atoms with E-state index >= 15 is 0 Å². The van der Waals surface area contributed by atoms with Crippen LogP contribution >= 0.6 is 11.3 Å². The van der Waals surface area contributed by atoms with Gasteiger partial charge in [0.15, 0.2) is 16.6 Å². The number of hydrogen-bond donors (Lipinski definition) is 3. The molecule has 2 aromatic rings. The predicted molar refractivity (Wildman–Crippen MR) is 60.3 cm³/mol. The Morgan fingerprint density at radius 2 is 2.19 bits per heavy atom. The highest BCUT2D eigenvalue weighted by Crippen LogP contribution is 2.21. The van der Waals surface area contributed by atoms with E-state index in [9.17, 15) is 4.79 Å². The molecule has 16 heavy (non-hydrogen) atoms. The molecule has 7 nitrogen and oxygen atoms in total. The van der Waals surface area contributed by atoms with Gasteiger partial charge in [-0.15, -0.1) is 21.5 Å². The minimum Gasteiger partial charge on any atom is -0.380 e. The van der Waals surface area contributed by atoms with Gasteiger partial charge < -0.3 is 5.73 Å². The second kappa shape index (κ2) is 3.89. The number of aryl methyl sites for hydroxylation is 2. The molecule has 0 aliphatic heterocycles. The number of rotatable bonds is 2. The van der Waals surface area contributed by atoms with Gasteiger partial charge in [-0.1, -0.05) is 0 Å². The van der Waals surface area contributed by atoms with Gasteiger partial charge in [-0.25, -0.2) is 4.98 Å². The molecule has 0 saturated heterocycles. The summed E-state index contributed by atoms with van der Waals surface area (Å²) in [4.78, 5) is 16.9. The second-order valence-electron chi connectivity index (χ2n) is 3.17. The van der Waals surface area contributed by atoms with Crippen molar-refractivity contribution in [1.29, 1.82) is 0 Å². The van der Waals surface area contributed by atoms with Gasteiger partial charge in [-0.05, 0) is 13.8 Å². The summed E-state index contributed by atoms with van der Waals surface area (Å²) >= 11 is 1.40. The molecule has 0 atom stereocenters. The van der Waals surface area contributed by atoms with Crippen LogP contribution in [0.25, 0.3) is 0 Å². The molecule has 0 fully saturated rings. The van der Waals surface area contributed by atoms with Crippen LogP contribution in [-0.4, -0.2) is 26.3 Å². The zero-order chi connectivity index (χ0) is 11.7. The van der Waals surface area contributed by atoms with Gasteiger partial charge in [-0.3, -0.25) is 10.1 Å². The molecule has 4 N–H and O–H groups in total. The van der Waals surface area contributed by atoms with Crippen LogP contribution in [0.3, 0.4) is 0 Å². The lowest BCUT2D eigenvalue weighted by atomic mass is 10.4. The highest BCUT2D eigenvalue weighted by atomic mass is 32.1. The van der Waals surface area contributed by atoms with Gasteiger partial charge in [0.1, 0.15) is 0 Å². The van der Waals surface area contributed by atoms with Crippen molar-refractivity contribution in [3.63, 3.8) is 0 Å². The Morgan fingerprint density at radius 1 is 1.44 bits per heavy atom. The van der Waals surface area contributed by atoms with Crippen molar-refractivity contribution in [1.82, 2.24) is 20.4 Å². The summed E-state index contributed by atoms with van der Waals surface area (Å²) in [5, 5.41) is 12.6. The molecule has 2 aromatic heterocycles. The smallest absolute Gasteiger partial charge is 0.281 e. The first kappa shape index (κ1) is 10.6. The molecule has 0 aliphatic carbocycles. The fourth-order valence-electron chi connectivity index (χ4n) is 1.09. The molecule has 2 rings (SSSR count). The van der Waals surface area contributed by atoms with Gasteiger partial charge in [-0.2, -0.15) is 5.21 Å². The lowest BCUT2D eigenvalue weighted by Gasteiger charge is -1.97. The molecule has 0 aliphatic rings. The molecule has 0 saturated carbocycles. The quantitative estimate of drug-likeness (QED) is 0.713. The Kier molecular flexibility index (Phi) is 2.57. The van der Waals surface area contributed by atoms with Crippen molar-refractivity contribution in [2.75, 3.05) is 11.1 Å². The maximum Gasteiger partial charge on any atom is 0.281 e. The second-order valence-corrected chi connectivity index (χ2v) is 4.38. The van der Waals surface area contributed by atoms with Crippen molar-refractivity contribution >= 4 is 28.2 Å². The monoisotopic (exact) mass is 238 g/mol. The largest absolute Gasteiger partial charge is 0.380 e. The Hall–Kier alpha value is -1.96. The lowest BCUT2D eigenvalue weighted by Crippen LogP contribution is -2.14. The van der Waals surface area contributed by atoms with Crippen LogP contribution in [0.15, 0.2) is 0 Å². The van der Waals surface area contributed by atoms with Crippen LogP contribution in [0.2, 0.25) is 0 Å². The van der Waals surface area contributed by atoms with Crippen LogP contribution in [0, 0.1) is 13.8 Å². The molecule has 2 heterocycles. The number of nitrogens with one attached hydrogen (secondary N) is 2. The number of amides is 1. The predicted octanol–water partition coefficient (Wildman–Crippen LogP) is 0.713. The fourth-order valence-corrected chi connectivity index (χ4v) is 1.90. The van der Waals surface area contributed by atoms with Crippen LogP contribution in [0.4, 0.5) is 10.9 Å². The lowest BCUT2D eigenvalue weighted by molar-refractivity contribution is 0.102. The van der Waals surface area contributed by atoms with E-state index < -0.39 is 5.91 Å². The molecule has 0 bridgehead atoms. The molecule has 84 valence electrons.